The molecule has 2 heteroatoms. The van der Waals surface area contributed by atoms with E-state index < -0.39 is 0 Å². The number of rotatable bonds is 6. The second-order valence-electron chi connectivity index (χ2n) is 6.79. The van der Waals surface area contributed by atoms with E-state index in [4.69, 9.17) is 5.73 Å². The smallest absolute Gasteiger partial charge is 0.0138 e. The van der Waals surface area contributed by atoms with E-state index in [1.807, 2.05) is 0 Å². The van der Waals surface area contributed by atoms with Crippen LogP contribution in [0, 0.1) is 17.8 Å². The van der Waals surface area contributed by atoms with Crippen LogP contribution in [0.25, 0.3) is 0 Å². The molecule has 1 fully saturated rings. The van der Waals surface area contributed by atoms with Crippen LogP contribution < -0.4 is 5.73 Å². The highest BCUT2D eigenvalue weighted by atomic mass is 15.2. The standard InChI is InChI=1S/C16H34N2/c1-6-14-7-8-15(11-17)16(10-14)18(5)13(4)9-12(2)3/h12-16H,6-11,17H2,1-5H3. The molecule has 0 heterocycles. The summed E-state index contributed by atoms with van der Waals surface area (Å²) in [6.07, 6.45) is 6.71. The van der Waals surface area contributed by atoms with Crippen LogP contribution in [0.5, 0.6) is 0 Å². The highest BCUT2D eigenvalue weighted by Crippen LogP contribution is 2.34. The van der Waals surface area contributed by atoms with E-state index in [0.29, 0.717) is 18.0 Å². The predicted octanol–water partition coefficient (Wildman–Crippen LogP) is 3.51. The Bertz CT molecular complexity index is 227. The van der Waals surface area contributed by atoms with Crippen molar-refractivity contribution in [2.75, 3.05) is 13.6 Å². The van der Waals surface area contributed by atoms with Crippen molar-refractivity contribution in [2.45, 2.75) is 71.9 Å². The van der Waals surface area contributed by atoms with Crippen molar-refractivity contribution in [2.24, 2.45) is 23.5 Å². The molecule has 1 rings (SSSR count). The molecule has 4 unspecified atom stereocenters. The summed E-state index contributed by atoms with van der Waals surface area (Å²) in [5.74, 6) is 2.42. The van der Waals surface area contributed by atoms with Crippen molar-refractivity contribution in [3.05, 3.63) is 0 Å². The van der Waals surface area contributed by atoms with Crippen molar-refractivity contribution >= 4 is 0 Å². The van der Waals surface area contributed by atoms with Crippen molar-refractivity contribution in [3.8, 4) is 0 Å². The monoisotopic (exact) mass is 254 g/mol. The van der Waals surface area contributed by atoms with Gasteiger partial charge in [0.1, 0.15) is 0 Å². The number of hydrogen-bond acceptors (Lipinski definition) is 2. The van der Waals surface area contributed by atoms with Gasteiger partial charge >= 0.3 is 0 Å². The normalized spacial score (nSPS) is 31.0. The van der Waals surface area contributed by atoms with E-state index in [9.17, 15) is 0 Å². The molecule has 108 valence electrons. The lowest BCUT2D eigenvalue weighted by Crippen LogP contribution is -2.48. The van der Waals surface area contributed by atoms with Crippen LogP contribution in [0.15, 0.2) is 0 Å². The zero-order valence-electron chi connectivity index (χ0n) is 13.2. The topological polar surface area (TPSA) is 29.3 Å². The summed E-state index contributed by atoms with van der Waals surface area (Å²) >= 11 is 0. The molecule has 0 aromatic rings. The first-order valence-corrected chi connectivity index (χ1v) is 7.91. The third-order valence-corrected chi connectivity index (χ3v) is 4.98. The molecule has 1 saturated carbocycles. The molecule has 2 nitrogen and oxygen atoms in total. The number of nitrogens with zero attached hydrogens (tertiary/aromatic N) is 1. The van der Waals surface area contributed by atoms with Gasteiger partial charge in [0.2, 0.25) is 0 Å². The van der Waals surface area contributed by atoms with Crippen molar-refractivity contribution in [3.63, 3.8) is 0 Å². The Balaban J connectivity index is 2.63. The third kappa shape index (κ3) is 4.24. The molecular formula is C16H34N2. The van der Waals surface area contributed by atoms with Gasteiger partial charge in [-0.05, 0) is 57.5 Å². The van der Waals surface area contributed by atoms with Gasteiger partial charge in [0, 0.05) is 12.1 Å². The summed E-state index contributed by atoms with van der Waals surface area (Å²) in [5.41, 5.74) is 5.99. The second-order valence-corrected chi connectivity index (χ2v) is 6.79. The van der Waals surface area contributed by atoms with Gasteiger partial charge < -0.3 is 10.6 Å². The first kappa shape index (κ1) is 16.0. The highest BCUT2D eigenvalue weighted by Gasteiger charge is 2.33. The zero-order chi connectivity index (χ0) is 13.7. The molecule has 0 aromatic heterocycles. The Hall–Kier alpha value is -0.0800. The Morgan fingerprint density at radius 1 is 1.22 bits per heavy atom. The maximum Gasteiger partial charge on any atom is 0.0138 e. The van der Waals surface area contributed by atoms with Gasteiger partial charge in [-0.15, -0.1) is 0 Å². The molecule has 0 aliphatic heterocycles. The van der Waals surface area contributed by atoms with Crippen LogP contribution in [0.4, 0.5) is 0 Å². The Kier molecular flexibility index (Phi) is 6.65. The van der Waals surface area contributed by atoms with Crippen molar-refractivity contribution in [1.29, 1.82) is 0 Å². The zero-order valence-corrected chi connectivity index (χ0v) is 13.2. The molecule has 1 aliphatic rings. The average Bonchev–Trinajstić information content (AvgIpc) is 2.36. The van der Waals surface area contributed by atoms with Gasteiger partial charge in [0.05, 0.1) is 0 Å². The van der Waals surface area contributed by atoms with Crippen molar-refractivity contribution in [1.82, 2.24) is 4.90 Å². The van der Waals surface area contributed by atoms with E-state index in [1.54, 1.807) is 0 Å². The predicted molar refractivity (Wildman–Crippen MR) is 80.6 cm³/mol. The van der Waals surface area contributed by atoms with Gasteiger partial charge in [-0.1, -0.05) is 33.6 Å². The summed E-state index contributed by atoms with van der Waals surface area (Å²) in [6.45, 7) is 10.2. The summed E-state index contributed by atoms with van der Waals surface area (Å²) in [7, 11) is 2.32. The maximum atomic E-state index is 5.99. The van der Waals surface area contributed by atoms with Crippen LogP contribution in [-0.2, 0) is 0 Å². The molecule has 0 spiro atoms. The van der Waals surface area contributed by atoms with Gasteiger partial charge in [0.25, 0.3) is 0 Å². The van der Waals surface area contributed by atoms with Gasteiger partial charge in [0.15, 0.2) is 0 Å². The van der Waals surface area contributed by atoms with Gasteiger partial charge in [-0.3, -0.25) is 0 Å². The average molecular weight is 254 g/mol. The van der Waals surface area contributed by atoms with Gasteiger partial charge in [-0.2, -0.15) is 0 Å². The lowest BCUT2D eigenvalue weighted by atomic mass is 9.76. The summed E-state index contributed by atoms with van der Waals surface area (Å²) in [4.78, 5) is 2.62. The maximum absolute atomic E-state index is 5.99. The van der Waals surface area contributed by atoms with E-state index in [2.05, 4.69) is 39.6 Å². The molecular weight excluding hydrogens is 220 g/mol. The van der Waals surface area contributed by atoms with Crippen LogP contribution in [0.2, 0.25) is 0 Å². The van der Waals surface area contributed by atoms with E-state index in [-0.39, 0.29) is 0 Å². The lowest BCUT2D eigenvalue weighted by molar-refractivity contribution is 0.0667. The molecule has 0 bridgehead atoms. The lowest BCUT2D eigenvalue weighted by Gasteiger charge is -2.43. The molecule has 0 radical (unpaired) electrons. The largest absolute Gasteiger partial charge is 0.330 e. The molecule has 0 aromatic carbocycles. The summed E-state index contributed by atoms with van der Waals surface area (Å²) in [6, 6.07) is 1.39. The fourth-order valence-electron chi connectivity index (χ4n) is 3.61. The minimum absolute atomic E-state index is 0.680. The number of nitrogens with two attached hydrogens (primary N) is 1. The Labute approximate surface area is 114 Å². The third-order valence-electron chi connectivity index (χ3n) is 4.98. The first-order chi connectivity index (χ1) is 8.49. The SMILES string of the molecule is CCC1CCC(CN)C(N(C)C(C)CC(C)C)C1. The fourth-order valence-corrected chi connectivity index (χ4v) is 3.61. The van der Waals surface area contributed by atoms with Gasteiger partial charge in [-0.25, -0.2) is 0 Å². The second kappa shape index (κ2) is 7.49. The molecule has 4 atom stereocenters. The molecule has 2 N–H and O–H groups in total. The highest BCUT2D eigenvalue weighted by molar-refractivity contribution is 4.88. The van der Waals surface area contributed by atoms with Crippen LogP contribution >= 0.6 is 0 Å². The Morgan fingerprint density at radius 2 is 1.89 bits per heavy atom. The molecule has 18 heavy (non-hydrogen) atoms. The molecule has 1 aliphatic carbocycles. The van der Waals surface area contributed by atoms with Crippen LogP contribution in [-0.4, -0.2) is 30.6 Å². The fraction of sp³-hybridized carbons (Fsp3) is 1.00. The minimum atomic E-state index is 0.680. The first-order valence-electron chi connectivity index (χ1n) is 7.91. The van der Waals surface area contributed by atoms with Crippen LogP contribution in [0.3, 0.4) is 0 Å². The quantitative estimate of drug-likeness (QED) is 0.786. The van der Waals surface area contributed by atoms with Crippen molar-refractivity contribution < 1.29 is 0 Å². The molecule has 0 saturated heterocycles. The van der Waals surface area contributed by atoms with E-state index in [0.717, 1.165) is 18.4 Å². The molecule has 0 amide bonds. The van der Waals surface area contributed by atoms with Crippen LogP contribution in [0.1, 0.15) is 59.8 Å². The summed E-state index contributed by atoms with van der Waals surface area (Å²) < 4.78 is 0. The summed E-state index contributed by atoms with van der Waals surface area (Å²) in [5, 5.41) is 0. The Morgan fingerprint density at radius 3 is 2.39 bits per heavy atom. The number of hydrogen-bond donors (Lipinski definition) is 1. The minimum Gasteiger partial charge on any atom is -0.330 e. The van der Waals surface area contributed by atoms with E-state index in [1.165, 1.54) is 32.1 Å². The van der Waals surface area contributed by atoms with E-state index >= 15 is 0 Å².